The number of hydrogen-bond donors (Lipinski definition) is 1. The fraction of sp³-hybridized carbons (Fsp3) is 0.538. The first-order valence-electron chi connectivity index (χ1n) is 6.29. The Morgan fingerprint density at radius 3 is 2.78 bits per heavy atom. The maximum atomic E-state index is 12.8. The number of carbonyl (C=O) groups excluding carboxylic acids is 1. The minimum atomic E-state index is -0.634. The van der Waals surface area contributed by atoms with Crippen LogP contribution in [0.4, 0.5) is 4.39 Å². The van der Waals surface area contributed by atoms with Gasteiger partial charge in [0.15, 0.2) is 0 Å². The first kappa shape index (κ1) is 14.6. The molecule has 0 fully saturated rings. The molecule has 0 saturated heterocycles. The zero-order chi connectivity index (χ0) is 13.4. The second kappa shape index (κ2) is 7.76. The Kier molecular flexibility index (Phi) is 6.28. The minimum absolute atomic E-state index is 0.254. The van der Waals surface area contributed by atoms with Gasteiger partial charge in [-0.05, 0) is 32.1 Å². The molecule has 1 heterocycles. The van der Waals surface area contributed by atoms with Crippen LogP contribution in [0.5, 0.6) is 0 Å². The highest BCUT2D eigenvalue weighted by atomic mass is 19.1. The van der Waals surface area contributed by atoms with Crippen molar-refractivity contribution >= 4 is 5.91 Å². The van der Waals surface area contributed by atoms with Crippen molar-refractivity contribution in [1.82, 2.24) is 15.2 Å². The van der Waals surface area contributed by atoms with Crippen LogP contribution in [-0.2, 0) is 0 Å². The van der Waals surface area contributed by atoms with Crippen molar-refractivity contribution in [2.45, 2.75) is 20.3 Å². The van der Waals surface area contributed by atoms with Gasteiger partial charge in [-0.25, -0.2) is 4.98 Å². The van der Waals surface area contributed by atoms with E-state index in [-0.39, 0.29) is 5.91 Å². The van der Waals surface area contributed by atoms with Crippen LogP contribution in [0, 0.1) is 5.95 Å². The van der Waals surface area contributed by atoms with Crippen LogP contribution in [0.2, 0.25) is 0 Å². The highest BCUT2D eigenvalue weighted by molar-refractivity contribution is 5.93. The molecule has 1 aromatic rings. The lowest BCUT2D eigenvalue weighted by Gasteiger charge is -2.17. The highest BCUT2D eigenvalue weighted by Gasteiger charge is 2.06. The Morgan fingerprint density at radius 1 is 1.44 bits per heavy atom. The molecule has 18 heavy (non-hydrogen) atoms. The standard InChI is InChI=1S/C13H20FN3O/c1-3-17(4-2)9-5-7-16-13(18)11-6-8-15-12(14)10-11/h6,8,10H,3-5,7,9H2,1-2H3,(H,16,18). The smallest absolute Gasteiger partial charge is 0.251 e. The van der Waals surface area contributed by atoms with Gasteiger partial charge in [0, 0.05) is 24.4 Å². The van der Waals surface area contributed by atoms with Crippen molar-refractivity contribution in [3.8, 4) is 0 Å². The Hall–Kier alpha value is -1.49. The zero-order valence-electron chi connectivity index (χ0n) is 10.9. The Balaban J connectivity index is 2.29. The van der Waals surface area contributed by atoms with E-state index in [2.05, 4.69) is 29.0 Å². The molecule has 0 saturated carbocycles. The first-order chi connectivity index (χ1) is 8.67. The lowest BCUT2D eigenvalue weighted by molar-refractivity contribution is 0.0951. The lowest BCUT2D eigenvalue weighted by Crippen LogP contribution is -2.29. The molecule has 0 bridgehead atoms. The van der Waals surface area contributed by atoms with Crippen molar-refractivity contribution in [3.63, 3.8) is 0 Å². The molecule has 0 aliphatic heterocycles. The minimum Gasteiger partial charge on any atom is -0.352 e. The second-order valence-corrected chi connectivity index (χ2v) is 4.00. The number of aromatic nitrogens is 1. The van der Waals surface area contributed by atoms with Crippen LogP contribution in [-0.4, -0.2) is 42.0 Å². The van der Waals surface area contributed by atoms with Gasteiger partial charge in [0.2, 0.25) is 5.95 Å². The number of nitrogens with one attached hydrogen (secondary N) is 1. The summed E-state index contributed by atoms with van der Waals surface area (Å²) in [5.41, 5.74) is 0.310. The van der Waals surface area contributed by atoms with Crippen molar-refractivity contribution in [3.05, 3.63) is 29.8 Å². The molecule has 0 unspecified atom stereocenters. The molecule has 0 aliphatic carbocycles. The number of rotatable bonds is 7. The van der Waals surface area contributed by atoms with Gasteiger partial charge in [0.25, 0.3) is 5.91 Å². The summed E-state index contributed by atoms with van der Waals surface area (Å²) in [6.07, 6.45) is 2.18. The van der Waals surface area contributed by atoms with Crippen molar-refractivity contribution in [2.24, 2.45) is 0 Å². The average molecular weight is 253 g/mol. The summed E-state index contributed by atoms with van der Waals surface area (Å²) in [5.74, 6) is -0.887. The predicted molar refractivity (Wildman–Crippen MR) is 68.9 cm³/mol. The van der Waals surface area contributed by atoms with E-state index in [1.807, 2.05) is 0 Å². The van der Waals surface area contributed by atoms with Gasteiger partial charge in [0.05, 0.1) is 0 Å². The molecule has 0 aliphatic rings. The van der Waals surface area contributed by atoms with Gasteiger partial charge >= 0.3 is 0 Å². The summed E-state index contributed by atoms with van der Waals surface area (Å²) in [6.45, 7) is 7.81. The topological polar surface area (TPSA) is 45.2 Å². The molecule has 100 valence electrons. The van der Waals surface area contributed by atoms with Crippen LogP contribution < -0.4 is 5.32 Å². The van der Waals surface area contributed by atoms with Crippen LogP contribution in [0.3, 0.4) is 0 Å². The largest absolute Gasteiger partial charge is 0.352 e. The third-order valence-electron chi connectivity index (χ3n) is 2.82. The molecule has 5 heteroatoms. The van der Waals surface area contributed by atoms with E-state index in [9.17, 15) is 9.18 Å². The third-order valence-corrected chi connectivity index (χ3v) is 2.82. The van der Waals surface area contributed by atoms with Crippen LogP contribution in [0.25, 0.3) is 0 Å². The van der Waals surface area contributed by atoms with E-state index < -0.39 is 5.95 Å². The maximum absolute atomic E-state index is 12.8. The van der Waals surface area contributed by atoms with Gasteiger partial charge in [-0.15, -0.1) is 0 Å². The quantitative estimate of drug-likeness (QED) is 0.594. The van der Waals surface area contributed by atoms with Crippen molar-refractivity contribution in [2.75, 3.05) is 26.2 Å². The molecule has 4 nitrogen and oxygen atoms in total. The van der Waals surface area contributed by atoms with Gasteiger partial charge in [0.1, 0.15) is 0 Å². The Morgan fingerprint density at radius 2 is 2.17 bits per heavy atom. The molecule has 1 rings (SSSR count). The Bertz CT molecular complexity index is 380. The number of nitrogens with zero attached hydrogens (tertiary/aromatic N) is 2. The van der Waals surface area contributed by atoms with Crippen LogP contribution in [0.1, 0.15) is 30.6 Å². The lowest BCUT2D eigenvalue weighted by atomic mass is 10.2. The summed E-state index contributed by atoms with van der Waals surface area (Å²) in [4.78, 5) is 17.4. The van der Waals surface area contributed by atoms with Gasteiger partial charge in [-0.3, -0.25) is 4.79 Å². The highest BCUT2D eigenvalue weighted by Crippen LogP contribution is 2.00. The number of pyridine rings is 1. The predicted octanol–water partition coefficient (Wildman–Crippen LogP) is 1.68. The van der Waals surface area contributed by atoms with Crippen LogP contribution >= 0.6 is 0 Å². The molecular formula is C13H20FN3O. The number of amides is 1. The average Bonchev–Trinajstić information content (AvgIpc) is 2.38. The second-order valence-electron chi connectivity index (χ2n) is 4.00. The molecule has 1 aromatic heterocycles. The van der Waals surface area contributed by atoms with E-state index in [1.165, 1.54) is 12.3 Å². The van der Waals surface area contributed by atoms with Crippen molar-refractivity contribution in [1.29, 1.82) is 0 Å². The molecule has 1 amide bonds. The fourth-order valence-corrected chi connectivity index (χ4v) is 1.69. The summed E-state index contributed by atoms with van der Waals surface area (Å²) >= 11 is 0. The molecule has 1 N–H and O–H groups in total. The first-order valence-corrected chi connectivity index (χ1v) is 6.29. The number of carbonyl (C=O) groups is 1. The summed E-state index contributed by atoms with van der Waals surface area (Å²) < 4.78 is 12.8. The molecule has 0 aromatic carbocycles. The van der Waals surface area contributed by atoms with Crippen LogP contribution in [0.15, 0.2) is 18.3 Å². The summed E-state index contributed by atoms with van der Waals surface area (Å²) in [6, 6.07) is 2.64. The van der Waals surface area contributed by atoms with E-state index in [1.54, 1.807) is 0 Å². The van der Waals surface area contributed by atoms with Crippen molar-refractivity contribution < 1.29 is 9.18 Å². The van der Waals surface area contributed by atoms with E-state index in [4.69, 9.17) is 0 Å². The fourth-order valence-electron chi connectivity index (χ4n) is 1.69. The van der Waals surface area contributed by atoms with Gasteiger partial charge in [-0.1, -0.05) is 13.8 Å². The molecular weight excluding hydrogens is 233 g/mol. The summed E-state index contributed by atoms with van der Waals surface area (Å²) in [5, 5.41) is 2.77. The SMILES string of the molecule is CCN(CC)CCCNC(=O)c1ccnc(F)c1. The molecule has 0 spiro atoms. The van der Waals surface area contributed by atoms with Gasteiger partial charge < -0.3 is 10.2 Å². The van der Waals surface area contributed by atoms with E-state index in [0.29, 0.717) is 12.1 Å². The molecule has 0 radical (unpaired) electrons. The molecule has 0 atom stereocenters. The monoisotopic (exact) mass is 253 g/mol. The Labute approximate surface area is 107 Å². The maximum Gasteiger partial charge on any atom is 0.251 e. The third kappa shape index (κ3) is 4.79. The summed E-state index contributed by atoms with van der Waals surface area (Å²) in [7, 11) is 0. The number of halogens is 1. The van der Waals surface area contributed by atoms with Gasteiger partial charge in [-0.2, -0.15) is 4.39 Å². The van der Waals surface area contributed by atoms with E-state index >= 15 is 0 Å². The normalized spacial score (nSPS) is 10.7. The van der Waals surface area contributed by atoms with E-state index in [0.717, 1.165) is 32.1 Å². The number of hydrogen-bond acceptors (Lipinski definition) is 3. The zero-order valence-corrected chi connectivity index (χ0v) is 10.9.